The number of nitrogens with zero attached hydrogens (tertiary/aromatic N) is 1. The summed E-state index contributed by atoms with van der Waals surface area (Å²) in [5.41, 5.74) is 0. The van der Waals surface area contributed by atoms with Gasteiger partial charge in [0, 0.05) is 25.5 Å². The molecule has 0 spiro atoms. The molecule has 0 aliphatic carbocycles. The van der Waals surface area contributed by atoms with Gasteiger partial charge in [0.05, 0.1) is 6.10 Å². The largest absolute Gasteiger partial charge is 0.392 e. The minimum atomic E-state index is -0.404. The molecule has 0 saturated carbocycles. The van der Waals surface area contributed by atoms with Crippen LogP contribution in [0.3, 0.4) is 0 Å². The van der Waals surface area contributed by atoms with Crippen LogP contribution in [0.4, 0.5) is 0 Å². The molecule has 0 amide bonds. The highest BCUT2D eigenvalue weighted by atomic mass is 35.5. The first-order valence-corrected chi connectivity index (χ1v) is 4.96. The maximum absolute atomic E-state index is 9.23. The number of alkyl halides is 1. The van der Waals surface area contributed by atoms with Crippen molar-refractivity contribution in [1.82, 2.24) is 4.90 Å². The molecular formula is C10H19Cl2NO. The molecule has 0 radical (unpaired) electrons. The summed E-state index contributed by atoms with van der Waals surface area (Å²) in [6.07, 6.45) is 3.98. The summed E-state index contributed by atoms with van der Waals surface area (Å²) in [6, 6.07) is 0. The minimum Gasteiger partial charge on any atom is -0.392 e. The molecule has 4 heteroatoms. The van der Waals surface area contributed by atoms with Gasteiger partial charge in [-0.15, -0.1) is 37.2 Å². The maximum Gasteiger partial charge on any atom is 0.0687 e. The Kier molecular flexibility index (Phi) is 13.0. The first-order chi connectivity index (χ1) is 6.24. The lowest BCUT2D eigenvalue weighted by molar-refractivity contribution is 0.167. The van der Waals surface area contributed by atoms with Crippen molar-refractivity contribution in [3.63, 3.8) is 0 Å². The van der Waals surface area contributed by atoms with E-state index in [2.05, 4.69) is 18.1 Å². The lowest BCUT2D eigenvalue weighted by atomic mass is 10.2. The highest BCUT2D eigenvalue weighted by molar-refractivity contribution is 6.18. The Morgan fingerprint density at radius 3 is 2.14 bits per heavy atom. The zero-order chi connectivity index (χ0) is 10.1. The number of rotatable bonds is 8. The smallest absolute Gasteiger partial charge is 0.0687 e. The quantitative estimate of drug-likeness (QED) is 0.518. The van der Waals surface area contributed by atoms with Gasteiger partial charge in [0.25, 0.3) is 0 Å². The molecule has 1 atom stereocenters. The van der Waals surface area contributed by atoms with Gasteiger partial charge in [-0.2, -0.15) is 0 Å². The normalized spacial score (nSPS) is 11.9. The Morgan fingerprint density at radius 1 is 1.29 bits per heavy atom. The first kappa shape index (κ1) is 16.4. The fraction of sp³-hybridized carbons (Fsp3) is 0.600. The fourth-order valence-corrected chi connectivity index (χ4v) is 1.19. The summed E-state index contributed by atoms with van der Waals surface area (Å²) >= 11 is 5.48. The van der Waals surface area contributed by atoms with E-state index < -0.39 is 6.10 Å². The summed E-state index contributed by atoms with van der Waals surface area (Å²) in [5.74, 6) is 0.302. The van der Waals surface area contributed by atoms with Gasteiger partial charge in [-0.3, -0.25) is 4.90 Å². The molecular weight excluding hydrogens is 221 g/mol. The Labute approximate surface area is 97.7 Å². The van der Waals surface area contributed by atoms with Crippen molar-refractivity contribution in [3.8, 4) is 0 Å². The molecule has 0 fully saturated rings. The highest BCUT2D eigenvalue weighted by Crippen LogP contribution is 1.98. The van der Waals surface area contributed by atoms with Crippen LogP contribution >= 0.6 is 24.0 Å². The molecule has 0 bridgehead atoms. The molecule has 0 aliphatic heterocycles. The Morgan fingerprint density at radius 2 is 1.79 bits per heavy atom. The molecule has 0 aromatic heterocycles. The molecule has 0 rings (SSSR count). The molecule has 0 saturated heterocycles. The standard InChI is InChI=1S/C10H18ClNO.ClH/c1-3-6-12(7-4-2)8-5-10(13)9-11;/h3-4,10,13H,1-2,5-9H2;1H. The van der Waals surface area contributed by atoms with E-state index in [0.29, 0.717) is 12.3 Å². The van der Waals surface area contributed by atoms with Crippen LogP contribution in [0.1, 0.15) is 6.42 Å². The highest BCUT2D eigenvalue weighted by Gasteiger charge is 2.05. The average Bonchev–Trinajstić information content (AvgIpc) is 2.14. The Hall–Kier alpha value is -0.0200. The van der Waals surface area contributed by atoms with Gasteiger partial charge >= 0.3 is 0 Å². The number of halogens is 2. The van der Waals surface area contributed by atoms with E-state index >= 15 is 0 Å². The van der Waals surface area contributed by atoms with Crippen molar-refractivity contribution in [1.29, 1.82) is 0 Å². The topological polar surface area (TPSA) is 23.5 Å². The fourth-order valence-electron chi connectivity index (χ4n) is 1.03. The van der Waals surface area contributed by atoms with Crippen molar-refractivity contribution in [2.75, 3.05) is 25.5 Å². The number of aliphatic hydroxyl groups excluding tert-OH is 1. The van der Waals surface area contributed by atoms with Crippen LogP contribution in [0, 0.1) is 0 Å². The zero-order valence-electron chi connectivity index (χ0n) is 8.36. The molecule has 84 valence electrons. The van der Waals surface area contributed by atoms with E-state index in [4.69, 9.17) is 11.6 Å². The predicted octanol–water partition coefficient (Wildman–Crippen LogP) is 2.07. The van der Waals surface area contributed by atoms with Crippen molar-refractivity contribution in [3.05, 3.63) is 25.3 Å². The molecule has 0 aromatic rings. The van der Waals surface area contributed by atoms with Gasteiger partial charge in [0.1, 0.15) is 0 Å². The van der Waals surface area contributed by atoms with E-state index in [1.165, 1.54) is 0 Å². The molecule has 1 N–H and O–H groups in total. The summed E-state index contributed by atoms with van der Waals surface area (Å²) in [5, 5.41) is 9.23. The Bertz CT molecular complexity index is 143. The van der Waals surface area contributed by atoms with E-state index in [1.807, 2.05) is 12.2 Å². The summed E-state index contributed by atoms with van der Waals surface area (Å²) < 4.78 is 0. The Balaban J connectivity index is 0. The number of hydrogen-bond donors (Lipinski definition) is 1. The van der Waals surface area contributed by atoms with Crippen LogP contribution in [-0.2, 0) is 0 Å². The van der Waals surface area contributed by atoms with E-state index in [1.54, 1.807) is 0 Å². The molecule has 2 nitrogen and oxygen atoms in total. The van der Waals surface area contributed by atoms with Crippen LogP contribution in [0.15, 0.2) is 25.3 Å². The van der Waals surface area contributed by atoms with Crippen LogP contribution in [-0.4, -0.2) is 41.6 Å². The van der Waals surface area contributed by atoms with Crippen molar-refractivity contribution < 1.29 is 5.11 Å². The van der Waals surface area contributed by atoms with Crippen molar-refractivity contribution >= 4 is 24.0 Å². The van der Waals surface area contributed by atoms with Crippen LogP contribution in [0.2, 0.25) is 0 Å². The van der Waals surface area contributed by atoms with Crippen molar-refractivity contribution in [2.24, 2.45) is 0 Å². The van der Waals surface area contributed by atoms with Gasteiger partial charge < -0.3 is 5.11 Å². The third-order valence-corrected chi connectivity index (χ3v) is 2.09. The molecule has 1 unspecified atom stereocenters. The summed E-state index contributed by atoms with van der Waals surface area (Å²) in [4.78, 5) is 2.15. The second-order valence-corrected chi connectivity index (χ2v) is 3.24. The average molecular weight is 240 g/mol. The number of aliphatic hydroxyl groups is 1. The first-order valence-electron chi connectivity index (χ1n) is 4.42. The molecule has 0 heterocycles. The van der Waals surface area contributed by atoms with E-state index in [9.17, 15) is 5.11 Å². The lowest BCUT2D eigenvalue weighted by Gasteiger charge is -2.19. The van der Waals surface area contributed by atoms with Gasteiger partial charge in [0.15, 0.2) is 0 Å². The van der Waals surface area contributed by atoms with Gasteiger partial charge in [-0.1, -0.05) is 12.2 Å². The van der Waals surface area contributed by atoms with Gasteiger partial charge in [0.2, 0.25) is 0 Å². The predicted molar refractivity (Wildman–Crippen MR) is 65.4 cm³/mol. The van der Waals surface area contributed by atoms with Crippen molar-refractivity contribution in [2.45, 2.75) is 12.5 Å². The lowest BCUT2D eigenvalue weighted by Crippen LogP contribution is -2.28. The zero-order valence-corrected chi connectivity index (χ0v) is 9.93. The maximum atomic E-state index is 9.23. The molecule has 0 aliphatic rings. The van der Waals surface area contributed by atoms with E-state index in [-0.39, 0.29) is 12.4 Å². The third kappa shape index (κ3) is 8.57. The second-order valence-electron chi connectivity index (χ2n) is 2.93. The van der Waals surface area contributed by atoms with Gasteiger partial charge in [-0.05, 0) is 6.42 Å². The summed E-state index contributed by atoms with van der Waals surface area (Å²) in [6.45, 7) is 9.80. The van der Waals surface area contributed by atoms with Gasteiger partial charge in [-0.25, -0.2) is 0 Å². The minimum absolute atomic E-state index is 0. The van der Waals surface area contributed by atoms with Crippen LogP contribution in [0.5, 0.6) is 0 Å². The third-order valence-electron chi connectivity index (χ3n) is 1.73. The van der Waals surface area contributed by atoms with Crippen LogP contribution < -0.4 is 0 Å². The SMILES string of the molecule is C=CCN(CC=C)CCC(O)CCl.Cl. The molecule has 0 aromatic carbocycles. The second kappa shape index (κ2) is 11.1. The van der Waals surface area contributed by atoms with Crippen LogP contribution in [0.25, 0.3) is 0 Å². The molecule has 14 heavy (non-hydrogen) atoms. The van der Waals surface area contributed by atoms with E-state index in [0.717, 1.165) is 19.6 Å². The monoisotopic (exact) mass is 239 g/mol. The summed E-state index contributed by atoms with van der Waals surface area (Å²) in [7, 11) is 0. The number of hydrogen-bond acceptors (Lipinski definition) is 2.